The molecule has 3 rings (SSSR count). The minimum Gasteiger partial charge on any atom is -0.462 e. The maximum Gasteiger partial charge on any atom is 0.338 e. The summed E-state index contributed by atoms with van der Waals surface area (Å²) in [6.07, 6.45) is 0. The van der Waals surface area contributed by atoms with E-state index in [9.17, 15) is 22.6 Å². The van der Waals surface area contributed by atoms with E-state index >= 15 is 0 Å². The van der Waals surface area contributed by atoms with Gasteiger partial charge in [-0.1, -0.05) is 0 Å². The number of esters is 2. The summed E-state index contributed by atoms with van der Waals surface area (Å²) >= 11 is 0. The standard InChI is InChI=1S/C24H24N6O7S/c1-3-36-23(31)14-5-9-16(10-6-14)27-29-18-13-19(38(33,34)35)21(26)22(20(18)25)30-28-17-11-7-15(8-12-17)24(32)37-4-2/h5-13H,3-4,25-26H2,1-2H3,(H,33,34,35). The van der Waals surface area contributed by atoms with E-state index in [0.29, 0.717) is 22.5 Å². The normalized spacial score (nSPS) is 11.7. The monoisotopic (exact) mass is 540 g/mol. The van der Waals surface area contributed by atoms with Crippen molar-refractivity contribution in [2.45, 2.75) is 18.7 Å². The molecule has 0 radical (unpaired) electrons. The first-order chi connectivity index (χ1) is 18.0. The minimum absolute atomic E-state index is 0.159. The van der Waals surface area contributed by atoms with E-state index in [1.165, 1.54) is 48.5 Å². The van der Waals surface area contributed by atoms with Gasteiger partial charge < -0.3 is 20.9 Å². The summed E-state index contributed by atoms with van der Waals surface area (Å²) in [7, 11) is -4.79. The van der Waals surface area contributed by atoms with Crippen molar-refractivity contribution in [3.05, 3.63) is 65.7 Å². The van der Waals surface area contributed by atoms with E-state index < -0.39 is 32.6 Å². The fraction of sp³-hybridized carbons (Fsp3) is 0.167. The van der Waals surface area contributed by atoms with Gasteiger partial charge in [0.05, 0.1) is 47.1 Å². The number of carbonyl (C=O) groups excluding carboxylic acids is 2. The van der Waals surface area contributed by atoms with Crippen molar-refractivity contribution in [1.82, 2.24) is 0 Å². The third-order valence-corrected chi connectivity index (χ3v) is 5.79. The molecule has 0 heterocycles. The summed E-state index contributed by atoms with van der Waals surface area (Å²) in [5.41, 5.74) is 12.2. The Kier molecular flexibility index (Phi) is 8.83. The summed E-state index contributed by atoms with van der Waals surface area (Å²) in [4.78, 5) is 22.9. The van der Waals surface area contributed by atoms with Gasteiger partial charge in [-0.3, -0.25) is 4.55 Å². The molecule has 0 bridgehead atoms. The van der Waals surface area contributed by atoms with Gasteiger partial charge in [0.25, 0.3) is 10.1 Å². The smallest absolute Gasteiger partial charge is 0.338 e. The van der Waals surface area contributed by atoms with Gasteiger partial charge in [0, 0.05) is 0 Å². The second-order valence-electron chi connectivity index (χ2n) is 7.48. The van der Waals surface area contributed by atoms with E-state index in [4.69, 9.17) is 20.9 Å². The first-order valence-electron chi connectivity index (χ1n) is 11.1. The number of anilines is 2. The second kappa shape index (κ2) is 12.0. The van der Waals surface area contributed by atoms with Gasteiger partial charge in [0.1, 0.15) is 16.3 Å². The minimum atomic E-state index is -4.79. The van der Waals surface area contributed by atoms with Crippen LogP contribution in [0.3, 0.4) is 0 Å². The number of rotatable bonds is 9. The number of nitrogens with two attached hydrogens (primary N) is 2. The Labute approximate surface area is 217 Å². The number of benzene rings is 3. The maximum absolute atomic E-state index is 11.9. The Morgan fingerprint density at radius 1 is 0.763 bits per heavy atom. The van der Waals surface area contributed by atoms with Crippen LogP contribution in [-0.2, 0) is 19.6 Å². The van der Waals surface area contributed by atoms with E-state index in [1.807, 2.05) is 0 Å². The van der Waals surface area contributed by atoms with Crippen molar-refractivity contribution in [3.8, 4) is 0 Å². The lowest BCUT2D eigenvalue weighted by atomic mass is 10.2. The summed E-state index contributed by atoms with van der Waals surface area (Å²) < 4.78 is 43.4. The molecule has 0 unspecified atom stereocenters. The van der Waals surface area contributed by atoms with Crippen LogP contribution in [-0.4, -0.2) is 38.1 Å². The summed E-state index contributed by atoms with van der Waals surface area (Å²) in [5.74, 6) is -1.00. The number of hydrogen-bond acceptors (Lipinski definition) is 12. The average Bonchev–Trinajstić information content (AvgIpc) is 2.88. The highest BCUT2D eigenvalue weighted by Crippen LogP contribution is 2.43. The van der Waals surface area contributed by atoms with Crippen molar-refractivity contribution in [3.63, 3.8) is 0 Å². The SMILES string of the molecule is CCOC(=O)c1ccc(N=Nc2cc(S(=O)(=O)O)c(N)c(N=Nc3ccc(C(=O)OCC)cc3)c2N)cc1. The zero-order chi connectivity index (χ0) is 27.9. The lowest BCUT2D eigenvalue weighted by molar-refractivity contribution is 0.0517. The number of ether oxygens (including phenoxy) is 2. The van der Waals surface area contributed by atoms with Crippen molar-refractivity contribution < 1.29 is 32.0 Å². The van der Waals surface area contributed by atoms with Gasteiger partial charge >= 0.3 is 11.9 Å². The number of hydrogen-bond donors (Lipinski definition) is 3. The van der Waals surface area contributed by atoms with Gasteiger partial charge in [0.15, 0.2) is 0 Å². The molecule has 0 aliphatic rings. The van der Waals surface area contributed by atoms with Crippen LogP contribution < -0.4 is 11.5 Å². The van der Waals surface area contributed by atoms with Crippen LogP contribution in [0.25, 0.3) is 0 Å². The topological polar surface area (TPSA) is 208 Å². The van der Waals surface area contributed by atoms with Crippen LogP contribution in [0.2, 0.25) is 0 Å². The van der Waals surface area contributed by atoms with Gasteiger partial charge in [-0.25, -0.2) is 9.59 Å². The molecule has 0 aliphatic heterocycles. The van der Waals surface area contributed by atoms with E-state index in [-0.39, 0.29) is 30.3 Å². The number of nitrogen functional groups attached to an aromatic ring is 2. The molecule has 3 aromatic rings. The molecule has 198 valence electrons. The van der Waals surface area contributed by atoms with E-state index in [0.717, 1.165) is 6.07 Å². The molecule has 5 N–H and O–H groups in total. The molecule has 0 saturated heterocycles. The lowest BCUT2D eigenvalue weighted by Crippen LogP contribution is -2.05. The fourth-order valence-corrected chi connectivity index (χ4v) is 3.68. The number of nitrogens with zero attached hydrogens (tertiary/aromatic N) is 4. The van der Waals surface area contributed by atoms with Crippen LogP contribution in [0.15, 0.2) is 79.9 Å². The molecule has 0 fully saturated rings. The molecule has 0 saturated carbocycles. The van der Waals surface area contributed by atoms with Gasteiger partial charge in [-0.05, 0) is 68.4 Å². The van der Waals surface area contributed by atoms with Gasteiger partial charge in [0.2, 0.25) is 0 Å². The fourth-order valence-electron chi connectivity index (χ4n) is 3.04. The van der Waals surface area contributed by atoms with Crippen molar-refractivity contribution in [1.29, 1.82) is 0 Å². The Balaban J connectivity index is 1.96. The van der Waals surface area contributed by atoms with Crippen molar-refractivity contribution in [2.75, 3.05) is 24.7 Å². The third-order valence-electron chi connectivity index (χ3n) is 4.89. The third kappa shape index (κ3) is 6.74. The molecule has 0 aromatic heterocycles. The molecular formula is C24H24N6O7S. The highest BCUT2D eigenvalue weighted by Gasteiger charge is 2.22. The zero-order valence-electron chi connectivity index (χ0n) is 20.4. The first-order valence-corrected chi connectivity index (χ1v) is 12.6. The Hall–Kier alpha value is -4.69. The predicted octanol–water partition coefficient (Wildman–Crippen LogP) is 5.28. The molecule has 0 aliphatic carbocycles. The van der Waals surface area contributed by atoms with Gasteiger partial charge in [-0.15, -0.1) is 10.2 Å². The lowest BCUT2D eigenvalue weighted by Gasteiger charge is -2.10. The Morgan fingerprint density at radius 3 is 1.63 bits per heavy atom. The summed E-state index contributed by atoms with van der Waals surface area (Å²) in [6, 6.07) is 12.8. The molecule has 38 heavy (non-hydrogen) atoms. The predicted molar refractivity (Wildman–Crippen MR) is 138 cm³/mol. The maximum atomic E-state index is 11.9. The molecule has 0 spiro atoms. The number of carbonyl (C=O) groups is 2. The van der Waals surface area contributed by atoms with Crippen LogP contribution in [0.4, 0.5) is 34.1 Å². The summed E-state index contributed by atoms with van der Waals surface area (Å²) in [5, 5.41) is 15.9. The first kappa shape index (κ1) is 27.9. The molecule has 13 nitrogen and oxygen atoms in total. The van der Waals surface area contributed by atoms with Crippen LogP contribution in [0.1, 0.15) is 34.6 Å². The zero-order valence-corrected chi connectivity index (χ0v) is 21.2. The van der Waals surface area contributed by atoms with Gasteiger partial charge in [-0.2, -0.15) is 18.6 Å². The van der Waals surface area contributed by atoms with E-state index in [2.05, 4.69) is 20.5 Å². The molecule has 0 atom stereocenters. The molecular weight excluding hydrogens is 516 g/mol. The second-order valence-corrected chi connectivity index (χ2v) is 8.87. The highest BCUT2D eigenvalue weighted by molar-refractivity contribution is 7.86. The molecule has 3 aromatic carbocycles. The van der Waals surface area contributed by atoms with E-state index in [1.54, 1.807) is 13.8 Å². The Bertz CT molecular complexity index is 1500. The van der Waals surface area contributed by atoms with Crippen molar-refractivity contribution >= 4 is 56.2 Å². The molecule has 14 heteroatoms. The summed E-state index contributed by atoms with van der Waals surface area (Å²) in [6.45, 7) is 3.83. The van der Waals surface area contributed by atoms with Crippen LogP contribution in [0, 0.1) is 0 Å². The average molecular weight is 541 g/mol. The largest absolute Gasteiger partial charge is 0.462 e. The molecule has 0 amide bonds. The Morgan fingerprint density at radius 2 is 1.21 bits per heavy atom. The van der Waals surface area contributed by atoms with Crippen LogP contribution >= 0.6 is 0 Å². The van der Waals surface area contributed by atoms with Crippen molar-refractivity contribution in [2.24, 2.45) is 20.5 Å². The van der Waals surface area contributed by atoms with Crippen LogP contribution in [0.5, 0.6) is 0 Å². The number of azo groups is 2. The quantitative estimate of drug-likeness (QED) is 0.139. The highest BCUT2D eigenvalue weighted by atomic mass is 32.2.